The molecule has 3 rings (SSSR count). The fourth-order valence-electron chi connectivity index (χ4n) is 2.85. The number of sulfonamides is 1. The van der Waals surface area contributed by atoms with Crippen LogP contribution >= 0.6 is 0 Å². The van der Waals surface area contributed by atoms with Gasteiger partial charge < -0.3 is 15.1 Å². The quantitative estimate of drug-likeness (QED) is 0.537. The van der Waals surface area contributed by atoms with Gasteiger partial charge in [-0.3, -0.25) is 14.5 Å². The van der Waals surface area contributed by atoms with Crippen LogP contribution in [0.2, 0.25) is 0 Å². The highest BCUT2D eigenvalue weighted by atomic mass is 32.2. The van der Waals surface area contributed by atoms with Crippen molar-refractivity contribution in [3.05, 3.63) is 48.4 Å². The number of benzene rings is 1. The van der Waals surface area contributed by atoms with Crippen molar-refractivity contribution in [2.45, 2.75) is 37.2 Å². The van der Waals surface area contributed by atoms with E-state index in [2.05, 4.69) is 15.4 Å². The first kappa shape index (κ1) is 21.5. The maximum Gasteiger partial charge on any atom is 0.325 e. The molecule has 0 bridgehead atoms. The Hall–Kier alpha value is -3.18. The summed E-state index contributed by atoms with van der Waals surface area (Å²) in [6, 6.07) is 8.19. The predicted molar refractivity (Wildman–Crippen MR) is 107 cm³/mol. The summed E-state index contributed by atoms with van der Waals surface area (Å²) in [6.45, 7) is 2.94. The normalized spacial score (nSPS) is 19.1. The van der Waals surface area contributed by atoms with E-state index in [4.69, 9.17) is 4.42 Å². The third-order valence-electron chi connectivity index (χ3n) is 4.82. The maximum absolute atomic E-state index is 12.3. The number of carbonyl (C=O) groups excluding carboxylic acids is 3. The van der Waals surface area contributed by atoms with Crippen LogP contribution in [-0.2, 0) is 26.2 Å². The van der Waals surface area contributed by atoms with E-state index in [1.54, 1.807) is 26.0 Å². The predicted octanol–water partition coefficient (Wildman–Crippen LogP) is 1.42. The summed E-state index contributed by atoms with van der Waals surface area (Å²) in [5.74, 6) is -0.568. The van der Waals surface area contributed by atoms with Gasteiger partial charge in [-0.05, 0) is 49.7 Å². The molecule has 1 aliphatic rings. The van der Waals surface area contributed by atoms with Crippen LogP contribution in [0.15, 0.2) is 52.0 Å². The molecule has 1 saturated heterocycles. The molecule has 1 aliphatic heterocycles. The van der Waals surface area contributed by atoms with Crippen LogP contribution in [0.4, 0.5) is 10.5 Å². The molecule has 0 radical (unpaired) electrons. The molecule has 0 saturated carbocycles. The highest BCUT2D eigenvalue weighted by Gasteiger charge is 2.46. The number of hydrogen-bond acceptors (Lipinski definition) is 6. The number of nitrogens with zero attached hydrogens (tertiary/aromatic N) is 1. The molecule has 160 valence electrons. The number of amides is 4. The lowest BCUT2D eigenvalue weighted by Gasteiger charge is -2.19. The number of rotatable bonds is 8. The van der Waals surface area contributed by atoms with E-state index in [0.29, 0.717) is 17.9 Å². The molecule has 1 fully saturated rings. The number of urea groups is 1. The second-order valence-electron chi connectivity index (χ2n) is 6.98. The Kier molecular flexibility index (Phi) is 5.94. The zero-order valence-corrected chi connectivity index (χ0v) is 17.3. The van der Waals surface area contributed by atoms with Gasteiger partial charge in [-0.15, -0.1) is 0 Å². The fraction of sp³-hybridized carbons (Fsp3) is 0.316. The molecule has 30 heavy (non-hydrogen) atoms. The summed E-state index contributed by atoms with van der Waals surface area (Å²) in [5, 5.41) is 5.12. The highest BCUT2D eigenvalue weighted by Crippen LogP contribution is 2.21. The molecular weight excluding hydrogens is 412 g/mol. The number of nitrogens with one attached hydrogen (secondary N) is 3. The lowest BCUT2D eigenvalue weighted by atomic mass is 9.99. The Morgan fingerprint density at radius 2 is 1.90 bits per heavy atom. The van der Waals surface area contributed by atoms with E-state index >= 15 is 0 Å². The van der Waals surface area contributed by atoms with Gasteiger partial charge in [0.25, 0.3) is 5.91 Å². The van der Waals surface area contributed by atoms with Crippen molar-refractivity contribution in [2.75, 3.05) is 11.9 Å². The van der Waals surface area contributed by atoms with Gasteiger partial charge >= 0.3 is 6.03 Å². The number of carbonyl (C=O) groups is 3. The zero-order chi connectivity index (χ0) is 21.9. The minimum atomic E-state index is -3.76. The van der Waals surface area contributed by atoms with Gasteiger partial charge in [-0.25, -0.2) is 17.9 Å². The summed E-state index contributed by atoms with van der Waals surface area (Å²) in [6.07, 6.45) is 1.85. The number of anilines is 1. The second kappa shape index (κ2) is 8.28. The van der Waals surface area contributed by atoms with Gasteiger partial charge in [0.1, 0.15) is 17.8 Å². The van der Waals surface area contributed by atoms with Crippen LogP contribution in [0.25, 0.3) is 0 Å². The fourth-order valence-corrected chi connectivity index (χ4v) is 3.85. The van der Waals surface area contributed by atoms with Gasteiger partial charge in [-0.2, -0.15) is 0 Å². The van der Waals surface area contributed by atoms with Gasteiger partial charge in [0, 0.05) is 5.69 Å². The van der Waals surface area contributed by atoms with Crippen LogP contribution in [0.1, 0.15) is 26.0 Å². The monoisotopic (exact) mass is 434 g/mol. The first-order chi connectivity index (χ1) is 14.1. The van der Waals surface area contributed by atoms with Crippen molar-refractivity contribution in [3.63, 3.8) is 0 Å². The van der Waals surface area contributed by atoms with Gasteiger partial charge in [0.2, 0.25) is 15.9 Å². The third-order valence-corrected chi connectivity index (χ3v) is 6.24. The van der Waals surface area contributed by atoms with Crippen LogP contribution < -0.4 is 15.4 Å². The Morgan fingerprint density at radius 1 is 1.20 bits per heavy atom. The molecule has 10 nitrogen and oxygen atoms in total. The Labute approximate surface area is 173 Å². The van der Waals surface area contributed by atoms with Gasteiger partial charge in [-0.1, -0.05) is 6.92 Å². The van der Waals surface area contributed by atoms with E-state index in [1.165, 1.54) is 30.5 Å². The molecule has 4 amide bonds. The average Bonchev–Trinajstić information content (AvgIpc) is 3.30. The van der Waals surface area contributed by atoms with E-state index in [9.17, 15) is 22.8 Å². The zero-order valence-electron chi connectivity index (χ0n) is 16.5. The molecule has 3 N–H and O–H groups in total. The summed E-state index contributed by atoms with van der Waals surface area (Å²) < 4.78 is 32.1. The molecule has 0 spiro atoms. The smallest absolute Gasteiger partial charge is 0.325 e. The van der Waals surface area contributed by atoms with Crippen molar-refractivity contribution in [3.8, 4) is 0 Å². The van der Waals surface area contributed by atoms with Crippen LogP contribution in [0.3, 0.4) is 0 Å². The molecule has 2 heterocycles. The van der Waals surface area contributed by atoms with Crippen LogP contribution in [-0.4, -0.2) is 43.2 Å². The third kappa shape index (κ3) is 4.52. The maximum atomic E-state index is 12.3. The van der Waals surface area contributed by atoms with E-state index in [1.807, 2.05) is 0 Å². The van der Waals surface area contributed by atoms with Crippen LogP contribution in [0, 0.1) is 0 Å². The minimum Gasteiger partial charge on any atom is -0.468 e. The molecule has 1 aromatic carbocycles. The number of furan rings is 1. The van der Waals surface area contributed by atoms with Gasteiger partial charge in [0.05, 0.1) is 17.7 Å². The summed E-state index contributed by atoms with van der Waals surface area (Å²) in [7, 11) is -3.76. The molecule has 1 aromatic heterocycles. The number of hydrogen-bond donors (Lipinski definition) is 3. The SMILES string of the molecule is CCC1(C)NC(=O)N(CC(=O)Nc2ccc(S(=O)(=O)NCc3ccco3)cc2)C1=O. The minimum absolute atomic E-state index is 0.0103. The standard InChI is InChI=1S/C19H22N4O6S/c1-3-19(2)17(25)23(18(26)22-19)12-16(24)21-13-6-8-15(9-7-13)30(27,28)20-11-14-5-4-10-29-14/h4-10,20H,3,11-12H2,1-2H3,(H,21,24)(H,22,26). The molecule has 1 unspecified atom stereocenters. The lowest BCUT2D eigenvalue weighted by molar-refractivity contribution is -0.133. The Bertz CT molecular complexity index is 1050. The van der Waals surface area contributed by atoms with Crippen molar-refractivity contribution < 1.29 is 27.2 Å². The topological polar surface area (TPSA) is 138 Å². The summed E-state index contributed by atoms with van der Waals surface area (Å²) in [4.78, 5) is 37.4. The summed E-state index contributed by atoms with van der Waals surface area (Å²) in [5.41, 5.74) is -0.689. The first-order valence-electron chi connectivity index (χ1n) is 9.21. The largest absolute Gasteiger partial charge is 0.468 e. The average molecular weight is 434 g/mol. The van der Waals surface area contributed by atoms with Crippen molar-refractivity contribution in [1.82, 2.24) is 14.9 Å². The van der Waals surface area contributed by atoms with E-state index < -0.39 is 40.0 Å². The van der Waals surface area contributed by atoms with Crippen LogP contribution in [0.5, 0.6) is 0 Å². The van der Waals surface area contributed by atoms with Crippen molar-refractivity contribution in [2.24, 2.45) is 0 Å². The molecular formula is C19H22N4O6S. The Balaban J connectivity index is 1.59. The molecule has 11 heteroatoms. The molecule has 0 aliphatic carbocycles. The number of imide groups is 1. The highest BCUT2D eigenvalue weighted by molar-refractivity contribution is 7.89. The van der Waals surface area contributed by atoms with Crippen molar-refractivity contribution >= 4 is 33.6 Å². The summed E-state index contributed by atoms with van der Waals surface area (Å²) >= 11 is 0. The van der Waals surface area contributed by atoms with E-state index in [-0.39, 0.29) is 11.4 Å². The van der Waals surface area contributed by atoms with Crippen molar-refractivity contribution in [1.29, 1.82) is 0 Å². The molecule has 1 atom stereocenters. The van der Waals surface area contributed by atoms with E-state index in [0.717, 1.165) is 4.90 Å². The Morgan fingerprint density at radius 3 is 2.47 bits per heavy atom. The lowest BCUT2D eigenvalue weighted by Crippen LogP contribution is -2.44. The second-order valence-corrected chi connectivity index (χ2v) is 8.75. The van der Waals surface area contributed by atoms with Gasteiger partial charge in [0.15, 0.2) is 0 Å². The first-order valence-corrected chi connectivity index (χ1v) is 10.7. The molecule has 2 aromatic rings.